The lowest BCUT2D eigenvalue weighted by atomic mass is 9.78. The molecule has 1 aliphatic rings. The minimum atomic E-state index is -0.610. The van der Waals surface area contributed by atoms with Gasteiger partial charge in [-0.1, -0.05) is 43.2 Å². The van der Waals surface area contributed by atoms with Crippen LogP contribution in [-0.4, -0.2) is 19.6 Å². The third kappa shape index (κ3) is 3.40. The predicted octanol–water partition coefficient (Wildman–Crippen LogP) is 4.04. The number of para-hydroxylation sites is 1. The van der Waals surface area contributed by atoms with Crippen molar-refractivity contribution in [2.24, 2.45) is 0 Å². The fourth-order valence-corrected chi connectivity index (χ4v) is 4.13. The van der Waals surface area contributed by atoms with E-state index in [0.717, 1.165) is 36.8 Å². The second-order valence-corrected chi connectivity index (χ2v) is 7.38. The summed E-state index contributed by atoms with van der Waals surface area (Å²) in [7, 11) is 1.65. The average Bonchev–Trinajstić information content (AvgIpc) is 3.22. The molecule has 0 saturated heterocycles. The van der Waals surface area contributed by atoms with Crippen LogP contribution >= 0.6 is 0 Å². The van der Waals surface area contributed by atoms with Gasteiger partial charge in [-0.3, -0.25) is 4.79 Å². The van der Waals surface area contributed by atoms with Gasteiger partial charge < -0.3 is 14.5 Å². The van der Waals surface area contributed by atoms with E-state index in [9.17, 15) is 9.59 Å². The molecule has 4 rings (SSSR count). The Kier molecular flexibility index (Phi) is 4.90. The fraction of sp³-hybridized carbons (Fsp3) is 0.304. The van der Waals surface area contributed by atoms with Crippen LogP contribution in [0, 0.1) is 0 Å². The number of benzene rings is 2. The SMILES string of the molecule is COc1ccc(C2(CNC(=O)c3cc4ccccc4oc3=O)CCCC2)cc1. The standard InChI is InChI=1S/C23H23NO4/c1-27-18-10-8-17(9-11-18)23(12-4-5-13-23)15-24-21(25)19-14-16-6-2-3-7-20(16)28-22(19)26/h2-3,6-11,14H,4-5,12-13,15H2,1H3,(H,24,25). The molecule has 3 aromatic rings. The molecule has 1 saturated carbocycles. The van der Waals surface area contributed by atoms with Crippen molar-refractivity contribution in [1.29, 1.82) is 0 Å². The summed E-state index contributed by atoms with van der Waals surface area (Å²) < 4.78 is 10.5. The number of nitrogens with one attached hydrogen (secondary N) is 1. The Morgan fingerprint density at radius 1 is 1.11 bits per heavy atom. The Hall–Kier alpha value is -3.08. The molecule has 0 bridgehead atoms. The van der Waals surface area contributed by atoms with Gasteiger partial charge in [-0.05, 0) is 42.7 Å². The zero-order valence-electron chi connectivity index (χ0n) is 15.9. The van der Waals surface area contributed by atoms with Crippen LogP contribution in [0.3, 0.4) is 0 Å². The number of ether oxygens (including phenoxy) is 1. The number of amides is 1. The number of hydrogen-bond acceptors (Lipinski definition) is 4. The van der Waals surface area contributed by atoms with Crippen LogP contribution in [0.4, 0.5) is 0 Å². The fourth-order valence-electron chi connectivity index (χ4n) is 4.13. The molecular formula is C23H23NO4. The van der Waals surface area contributed by atoms with E-state index in [-0.39, 0.29) is 16.9 Å². The average molecular weight is 377 g/mol. The number of hydrogen-bond donors (Lipinski definition) is 1. The predicted molar refractivity (Wildman–Crippen MR) is 108 cm³/mol. The van der Waals surface area contributed by atoms with Crippen LogP contribution < -0.4 is 15.7 Å². The first-order valence-corrected chi connectivity index (χ1v) is 9.57. The van der Waals surface area contributed by atoms with E-state index in [4.69, 9.17) is 9.15 Å². The molecule has 1 aliphatic carbocycles. The number of carbonyl (C=O) groups is 1. The largest absolute Gasteiger partial charge is 0.497 e. The van der Waals surface area contributed by atoms with Gasteiger partial charge in [0.2, 0.25) is 0 Å². The van der Waals surface area contributed by atoms with E-state index in [0.29, 0.717) is 12.1 Å². The van der Waals surface area contributed by atoms with Crippen LogP contribution in [0.1, 0.15) is 41.6 Å². The second-order valence-electron chi connectivity index (χ2n) is 7.38. The van der Waals surface area contributed by atoms with E-state index >= 15 is 0 Å². The van der Waals surface area contributed by atoms with Crippen molar-refractivity contribution in [3.63, 3.8) is 0 Å². The Morgan fingerprint density at radius 3 is 2.54 bits per heavy atom. The molecule has 1 heterocycles. The molecule has 0 atom stereocenters. The summed E-state index contributed by atoms with van der Waals surface area (Å²) in [6.07, 6.45) is 4.26. The highest BCUT2D eigenvalue weighted by Crippen LogP contribution is 2.41. The molecular weight excluding hydrogens is 354 g/mol. The zero-order chi connectivity index (χ0) is 19.6. The summed E-state index contributed by atoms with van der Waals surface area (Å²) in [6, 6.07) is 16.8. The van der Waals surface area contributed by atoms with Gasteiger partial charge >= 0.3 is 5.63 Å². The van der Waals surface area contributed by atoms with E-state index < -0.39 is 5.63 Å². The maximum atomic E-state index is 12.7. The highest BCUT2D eigenvalue weighted by Gasteiger charge is 2.36. The normalized spacial score (nSPS) is 15.5. The maximum absolute atomic E-state index is 12.7. The Labute approximate surface area is 163 Å². The van der Waals surface area contributed by atoms with Crippen molar-refractivity contribution in [2.75, 3.05) is 13.7 Å². The van der Waals surface area contributed by atoms with Gasteiger partial charge in [0.1, 0.15) is 16.9 Å². The minimum Gasteiger partial charge on any atom is -0.497 e. The third-order valence-electron chi connectivity index (χ3n) is 5.74. The van der Waals surface area contributed by atoms with Gasteiger partial charge in [-0.25, -0.2) is 4.79 Å². The summed E-state index contributed by atoms with van der Waals surface area (Å²) in [5, 5.41) is 3.72. The number of fused-ring (bicyclic) bond motifs is 1. The number of carbonyl (C=O) groups excluding carboxylic acids is 1. The van der Waals surface area contributed by atoms with Crippen LogP contribution in [0.15, 0.2) is 63.8 Å². The highest BCUT2D eigenvalue weighted by molar-refractivity contribution is 5.96. The van der Waals surface area contributed by atoms with Gasteiger partial charge in [0, 0.05) is 17.3 Å². The lowest BCUT2D eigenvalue weighted by Gasteiger charge is -2.30. The summed E-state index contributed by atoms with van der Waals surface area (Å²) in [5.74, 6) is 0.425. The molecule has 0 aliphatic heterocycles. The molecule has 1 fully saturated rings. The first-order chi connectivity index (χ1) is 13.6. The first-order valence-electron chi connectivity index (χ1n) is 9.57. The first kappa shape index (κ1) is 18.3. The van der Waals surface area contributed by atoms with E-state index in [1.807, 2.05) is 24.3 Å². The van der Waals surface area contributed by atoms with Crippen molar-refractivity contribution in [3.8, 4) is 5.75 Å². The number of rotatable bonds is 5. The van der Waals surface area contributed by atoms with Crippen molar-refractivity contribution >= 4 is 16.9 Å². The second kappa shape index (κ2) is 7.50. The molecule has 144 valence electrons. The number of methoxy groups -OCH3 is 1. The van der Waals surface area contributed by atoms with Gasteiger partial charge in [0.05, 0.1) is 7.11 Å². The molecule has 1 aromatic heterocycles. The maximum Gasteiger partial charge on any atom is 0.349 e. The molecule has 5 nitrogen and oxygen atoms in total. The molecule has 0 spiro atoms. The summed E-state index contributed by atoms with van der Waals surface area (Å²) in [6.45, 7) is 0.491. The van der Waals surface area contributed by atoms with Gasteiger partial charge in [0.15, 0.2) is 0 Å². The monoisotopic (exact) mass is 377 g/mol. The molecule has 0 radical (unpaired) electrons. The summed E-state index contributed by atoms with van der Waals surface area (Å²) in [5.41, 5.74) is 0.993. The van der Waals surface area contributed by atoms with Crippen LogP contribution in [0.5, 0.6) is 5.75 Å². The van der Waals surface area contributed by atoms with Gasteiger partial charge in [-0.2, -0.15) is 0 Å². The van der Waals surface area contributed by atoms with Crippen molar-refractivity contribution in [1.82, 2.24) is 5.32 Å². The van der Waals surface area contributed by atoms with Crippen LogP contribution in [0.2, 0.25) is 0 Å². The Balaban J connectivity index is 1.57. The summed E-state index contributed by atoms with van der Waals surface area (Å²) in [4.78, 5) is 25.0. The molecule has 2 aromatic carbocycles. The summed E-state index contributed by atoms with van der Waals surface area (Å²) >= 11 is 0. The zero-order valence-corrected chi connectivity index (χ0v) is 15.9. The lowest BCUT2D eigenvalue weighted by molar-refractivity contribution is 0.0939. The van der Waals surface area contributed by atoms with Gasteiger partial charge in [-0.15, -0.1) is 0 Å². The minimum absolute atomic E-state index is 0.0431. The van der Waals surface area contributed by atoms with Crippen molar-refractivity contribution in [2.45, 2.75) is 31.1 Å². The Bertz CT molecular complexity index is 1050. The molecule has 28 heavy (non-hydrogen) atoms. The van der Waals surface area contributed by atoms with E-state index in [2.05, 4.69) is 17.4 Å². The van der Waals surface area contributed by atoms with Crippen LogP contribution in [0.25, 0.3) is 11.0 Å². The molecule has 1 N–H and O–H groups in total. The topological polar surface area (TPSA) is 68.5 Å². The van der Waals surface area contributed by atoms with Crippen molar-refractivity contribution < 1.29 is 13.9 Å². The lowest BCUT2D eigenvalue weighted by Crippen LogP contribution is -2.40. The third-order valence-corrected chi connectivity index (χ3v) is 5.74. The Morgan fingerprint density at radius 2 is 1.82 bits per heavy atom. The van der Waals surface area contributed by atoms with Crippen LogP contribution in [-0.2, 0) is 5.41 Å². The molecule has 1 amide bonds. The molecule has 5 heteroatoms. The van der Waals surface area contributed by atoms with E-state index in [1.54, 1.807) is 25.3 Å². The van der Waals surface area contributed by atoms with E-state index in [1.165, 1.54) is 5.56 Å². The smallest absolute Gasteiger partial charge is 0.349 e. The quantitative estimate of drug-likeness (QED) is 0.681. The van der Waals surface area contributed by atoms with Gasteiger partial charge in [0.25, 0.3) is 5.91 Å². The molecule has 0 unspecified atom stereocenters. The van der Waals surface area contributed by atoms with Crippen molar-refractivity contribution in [3.05, 3.63) is 76.1 Å². The highest BCUT2D eigenvalue weighted by atomic mass is 16.5.